The molecule has 2 bridgehead atoms. The summed E-state index contributed by atoms with van der Waals surface area (Å²) in [7, 11) is 6.33. The van der Waals surface area contributed by atoms with E-state index in [2.05, 4.69) is 29.2 Å². The molecule has 0 N–H and O–H groups in total. The Hall–Kier alpha value is -0.107. The van der Waals surface area contributed by atoms with Crippen LogP contribution < -0.4 is 0 Å². The van der Waals surface area contributed by atoms with Gasteiger partial charge < -0.3 is 0 Å². The van der Waals surface area contributed by atoms with E-state index in [0.29, 0.717) is 19.8 Å². The Morgan fingerprint density at radius 1 is 1.06 bits per heavy atom. The fraction of sp³-hybridized carbons (Fsp3) is 0.500. The van der Waals surface area contributed by atoms with Gasteiger partial charge in [-0.15, -0.1) is 0 Å². The summed E-state index contributed by atoms with van der Waals surface area (Å²) >= 11 is -3.44. The van der Waals surface area contributed by atoms with Crippen LogP contribution in [0.2, 0.25) is 0 Å². The van der Waals surface area contributed by atoms with Crippen molar-refractivity contribution in [2.75, 3.05) is 32.9 Å². The molecule has 0 saturated carbocycles. The molecule has 4 rings (SSSR count). The van der Waals surface area contributed by atoms with E-state index in [1.54, 1.807) is 0 Å². The first-order chi connectivity index (χ1) is 8.77. The molecule has 1 unspecified atom stereocenters. The number of halogens is 1. The molecule has 0 spiro atoms. The summed E-state index contributed by atoms with van der Waals surface area (Å²) in [6.07, 6.45) is 0. The van der Waals surface area contributed by atoms with Gasteiger partial charge in [-0.05, 0) is 0 Å². The van der Waals surface area contributed by atoms with Crippen LogP contribution in [-0.4, -0.2) is 51.2 Å². The van der Waals surface area contributed by atoms with Crippen LogP contribution in [0, 0.1) is 0 Å². The third-order valence-electron chi connectivity index (χ3n) is 3.34. The van der Waals surface area contributed by atoms with E-state index >= 15 is 0 Å². The molecular weight excluding hydrogens is 314 g/mol. The molecule has 3 saturated heterocycles. The third kappa shape index (κ3) is 2.74. The Labute approximate surface area is 114 Å². The monoisotopic (exact) mass is 331 g/mol. The van der Waals surface area contributed by atoms with Crippen LogP contribution in [0.5, 0.6) is 0 Å². The molecule has 1 aromatic carbocycles. The second-order valence-electron chi connectivity index (χ2n) is 4.45. The zero-order chi connectivity index (χ0) is 12.4. The summed E-state index contributed by atoms with van der Waals surface area (Å²) in [5, 5.41) is 0. The molecule has 0 aromatic heterocycles. The summed E-state index contributed by atoms with van der Waals surface area (Å²) in [5.74, 6) is 0. The fourth-order valence-electron chi connectivity index (χ4n) is 2.38. The number of rotatable bonds is 1. The minimum atomic E-state index is -3.44. The van der Waals surface area contributed by atoms with Gasteiger partial charge in [0.05, 0.1) is 0 Å². The molecule has 3 heterocycles. The van der Waals surface area contributed by atoms with Gasteiger partial charge in [0.2, 0.25) is 0 Å². The van der Waals surface area contributed by atoms with Gasteiger partial charge in [0.15, 0.2) is 0 Å². The van der Waals surface area contributed by atoms with Gasteiger partial charge in [-0.25, -0.2) is 0 Å². The summed E-state index contributed by atoms with van der Waals surface area (Å²) < 4.78 is 17.0. The molecule has 0 aliphatic carbocycles. The van der Waals surface area contributed by atoms with E-state index < -0.39 is 13.3 Å². The summed E-state index contributed by atoms with van der Waals surface area (Å²) in [5.41, 5.74) is 1.27. The van der Waals surface area contributed by atoms with Crippen molar-refractivity contribution < 1.29 is 11.3 Å². The SMILES string of the molecule is [Cl][Ge]12[O]CCN(CC[O]1)C(c1ccccc1)C[O]2. The van der Waals surface area contributed by atoms with Crippen LogP contribution in [0.25, 0.3) is 0 Å². The molecule has 98 valence electrons. The van der Waals surface area contributed by atoms with Crippen LogP contribution >= 0.6 is 10.0 Å². The van der Waals surface area contributed by atoms with Gasteiger partial charge in [-0.1, -0.05) is 0 Å². The second kappa shape index (κ2) is 5.48. The average Bonchev–Trinajstić information content (AvgIpc) is 2.34. The van der Waals surface area contributed by atoms with Crippen molar-refractivity contribution in [2.24, 2.45) is 0 Å². The predicted octanol–water partition coefficient (Wildman–Crippen LogP) is 1.78. The number of benzene rings is 1. The standard InChI is InChI=1S/C12H16ClGeNO3/c13-14-16-8-6-15(7-9-17-14)12(10-18-14)11-4-2-1-3-5-11/h1-5,12H,6-10H2. The Kier molecular flexibility index (Phi) is 3.93. The molecule has 3 aliphatic rings. The van der Waals surface area contributed by atoms with Crippen molar-refractivity contribution in [3.05, 3.63) is 35.9 Å². The quantitative estimate of drug-likeness (QED) is 0.735. The van der Waals surface area contributed by atoms with Crippen molar-refractivity contribution in [3.8, 4) is 0 Å². The molecule has 0 radical (unpaired) electrons. The predicted molar refractivity (Wildman–Crippen MR) is 70.2 cm³/mol. The summed E-state index contributed by atoms with van der Waals surface area (Å²) in [6, 6.07) is 10.7. The molecule has 1 atom stereocenters. The second-order valence-corrected chi connectivity index (χ2v) is 10.7. The van der Waals surface area contributed by atoms with Crippen LogP contribution in [-0.2, 0) is 11.3 Å². The Morgan fingerprint density at radius 2 is 1.72 bits per heavy atom. The number of hydrogen-bond acceptors (Lipinski definition) is 4. The van der Waals surface area contributed by atoms with Crippen molar-refractivity contribution in [2.45, 2.75) is 6.04 Å². The first-order valence-corrected chi connectivity index (χ1v) is 11.5. The van der Waals surface area contributed by atoms with Crippen molar-refractivity contribution in [1.29, 1.82) is 0 Å². The van der Waals surface area contributed by atoms with Gasteiger partial charge in [0.1, 0.15) is 0 Å². The number of fused-ring (bicyclic) bond motifs is 6. The van der Waals surface area contributed by atoms with E-state index in [0.717, 1.165) is 13.1 Å². The van der Waals surface area contributed by atoms with E-state index in [9.17, 15) is 0 Å². The molecular formula is C12H16ClGeNO3. The molecule has 3 aliphatic heterocycles. The maximum atomic E-state index is 6.33. The van der Waals surface area contributed by atoms with E-state index in [1.807, 2.05) is 6.07 Å². The van der Waals surface area contributed by atoms with Crippen LogP contribution in [0.4, 0.5) is 0 Å². The third-order valence-corrected chi connectivity index (χ3v) is 8.42. The topological polar surface area (TPSA) is 30.9 Å². The normalized spacial score (nSPS) is 36.7. The molecule has 18 heavy (non-hydrogen) atoms. The zero-order valence-corrected chi connectivity index (χ0v) is 12.9. The minimum absolute atomic E-state index is 0.253. The van der Waals surface area contributed by atoms with E-state index in [-0.39, 0.29) is 6.04 Å². The molecule has 1 aromatic rings. The van der Waals surface area contributed by atoms with Gasteiger partial charge in [0, 0.05) is 0 Å². The average molecular weight is 330 g/mol. The number of hydrogen-bond donors (Lipinski definition) is 0. The van der Waals surface area contributed by atoms with Gasteiger partial charge in [0.25, 0.3) is 0 Å². The van der Waals surface area contributed by atoms with Crippen LogP contribution in [0.1, 0.15) is 11.6 Å². The van der Waals surface area contributed by atoms with Crippen molar-refractivity contribution in [1.82, 2.24) is 4.90 Å². The zero-order valence-electron chi connectivity index (χ0n) is 10.0. The van der Waals surface area contributed by atoms with Crippen LogP contribution in [0.15, 0.2) is 30.3 Å². The molecule has 3 fully saturated rings. The molecule has 6 heteroatoms. The Balaban J connectivity index is 1.86. The summed E-state index contributed by atoms with van der Waals surface area (Å²) in [6.45, 7) is 3.49. The van der Waals surface area contributed by atoms with Gasteiger partial charge in [-0.3, -0.25) is 0 Å². The van der Waals surface area contributed by atoms with Gasteiger partial charge >= 0.3 is 114 Å². The van der Waals surface area contributed by atoms with Gasteiger partial charge in [-0.2, -0.15) is 0 Å². The Bertz CT molecular complexity index is 396. The summed E-state index contributed by atoms with van der Waals surface area (Å²) in [4.78, 5) is 2.34. The van der Waals surface area contributed by atoms with E-state index in [4.69, 9.17) is 21.3 Å². The number of nitrogens with zero attached hydrogens (tertiary/aromatic N) is 1. The molecule has 4 nitrogen and oxygen atoms in total. The first-order valence-electron chi connectivity index (χ1n) is 6.17. The van der Waals surface area contributed by atoms with Crippen LogP contribution in [0.3, 0.4) is 0 Å². The molecule has 0 amide bonds. The first kappa shape index (κ1) is 12.9. The fourth-order valence-corrected chi connectivity index (χ4v) is 6.19. The maximum absolute atomic E-state index is 6.33. The van der Waals surface area contributed by atoms with E-state index in [1.165, 1.54) is 5.56 Å². The van der Waals surface area contributed by atoms with Crippen molar-refractivity contribution >= 4 is 23.4 Å². The van der Waals surface area contributed by atoms with Crippen molar-refractivity contribution in [3.63, 3.8) is 0 Å². The Morgan fingerprint density at radius 3 is 2.39 bits per heavy atom.